The van der Waals surface area contributed by atoms with Crippen molar-refractivity contribution >= 4 is 80.6 Å². The van der Waals surface area contributed by atoms with Gasteiger partial charge in [-0.2, -0.15) is 0 Å². The Balaban J connectivity index is 1.45. The monoisotopic (exact) mass is 546 g/mol. The number of aryl methyl sites for hydroxylation is 1. The molecule has 0 atom stereocenters. The predicted octanol–water partition coefficient (Wildman–Crippen LogP) is 11.3. The van der Waals surface area contributed by atoms with E-state index >= 15 is 0 Å². The van der Waals surface area contributed by atoms with Crippen LogP contribution in [0.1, 0.15) is 5.56 Å². The van der Waals surface area contributed by atoms with E-state index in [1.54, 1.807) is 0 Å². The smallest absolute Gasteiger partial charge is 0.0332 e. The Labute approximate surface area is 229 Å². The van der Waals surface area contributed by atoms with Gasteiger partial charge in [0.1, 0.15) is 0 Å². The first kappa shape index (κ1) is 21.8. The number of hydrogen-bond acceptors (Lipinski definition) is 0. The molecule has 0 radical (unpaired) electrons. The Bertz CT molecular complexity index is 2090. The third-order valence-corrected chi connectivity index (χ3v) is 9.15. The fourth-order valence-electron chi connectivity index (χ4n) is 6.45. The Kier molecular flexibility index (Phi) is 4.68. The van der Waals surface area contributed by atoms with E-state index in [-0.39, 0.29) is 0 Å². The summed E-state index contributed by atoms with van der Waals surface area (Å²) in [6.45, 7) is 2.25. The number of hydrogen-bond donors (Lipinski definition) is 0. The zero-order valence-corrected chi connectivity index (χ0v) is 22.5. The maximum atomic E-state index is 3.91. The van der Waals surface area contributed by atoms with Gasteiger partial charge in [-0.1, -0.05) is 109 Å². The van der Waals surface area contributed by atoms with Crippen LogP contribution in [0.2, 0.25) is 0 Å². The Morgan fingerprint density at radius 2 is 0.842 bits per heavy atom. The predicted molar refractivity (Wildman–Crippen MR) is 169 cm³/mol. The normalized spacial score (nSPS) is 11.9. The highest BCUT2D eigenvalue weighted by molar-refractivity contribution is 9.10. The molecule has 1 heteroatoms. The SMILES string of the molecule is Cc1c2ccccc2cc2c1ccc1c(-c3cccc4c3ccc3c(Br)c5ccccc5cc34)cccc12. The van der Waals surface area contributed by atoms with Gasteiger partial charge in [-0.15, -0.1) is 0 Å². The zero-order valence-electron chi connectivity index (χ0n) is 20.9. The van der Waals surface area contributed by atoms with E-state index in [0.29, 0.717) is 0 Å². The number of fused-ring (bicyclic) bond motifs is 8. The molecule has 0 saturated heterocycles. The van der Waals surface area contributed by atoms with Crippen molar-refractivity contribution in [2.24, 2.45) is 0 Å². The number of benzene rings is 8. The van der Waals surface area contributed by atoms with Crippen LogP contribution < -0.4 is 0 Å². The molecule has 0 unspecified atom stereocenters. The lowest BCUT2D eigenvalue weighted by molar-refractivity contribution is 1.59. The van der Waals surface area contributed by atoms with Crippen molar-refractivity contribution in [3.8, 4) is 11.1 Å². The fraction of sp³-hybridized carbons (Fsp3) is 0.0270. The summed E-state index contributed by atoms with van der Waals surface area (Å²) in [6, 6.07) is 44.7. The van der Waals surface area contributed by atoms with Crippen molar-refractivity contribution in [1.29, 1.82) is 0 Å². The maximum Gasteiger partial charge on any atom is 0.0332 e. The van der Waals surface area contributed by atoms with Crippen LogP contribution in [0.4, 0.5) is 0 Å². The second-order valence-corrected chi connectivity index (χ2v) is 11.1. The van der Waals surface area contributed by atoms with Gasteiger partial charge in [0, 0.05) is 4.47 Å². The topological polar surface area (TPSA) is 0 Å². The Morgan fingerprint density at radius 1 is 0.368 bits per heavy atom. The second-order valence-electron chi connectivity index (χ2n) is 10.3. The van der Waals surface area contributed by atoms with E-state index < -0.39 is 0 Å². The van der Waals surface area contributed by atoms with Gasteiger partial charge in [0.25, 0.3) is 0 Å². The van der Waals surface area contributed by atoms with E-state index in [0.717, 1.165) is 4.47 Å². The van der Waals surface area contributed by atoms with E-state index in [9.17, 15) is 0 Å². The van der Waals surface area contributed by atoms with Crippen LogP contribution in [-0.2, 0) is 0 Å². The lowest BCUT2D eigenvalue weighted by Gasteiger charge is -2.15. The van der Waals surface area contributed by atoms with E-state index in [4.69, 9.17) is 0 Å². The van der Waals surface area contributed by atoms with Gasteiger partial charge in [0.05, 0.1) is 0 Å². The summed E-state index contributed by atoms with van der Waals surface area (Å²) in [5, 5.41) is 15.5. The van der Waals surface area contributed by atoms with Crippen molar-refractivity contribution in [1.82, 2.24) is 0 Å². The van der Waals surface area contributed by atoms with Gasteiger partial charge in [-0.3, -0.25) is 0 Å². The van der Waals surface area contributed by atoms with Crippen molar-refractivity contribution in [3.63, 3.8) is 0 Å². The molecule has 0 spiro atoms. The molecule has 0 aromatic heterocycles. The molecule has 0 aliphatic carbocycles. The Hall–Kier alpha value is -4.20. The standard InChI is InChI=1S/C37H23Br/c1-22-25-10-4-2-8-23(25)20-35-26(22)16-17-32-28(12-6-14-30(32)35)29-13-7-15-31-33(29)18-19-34-36(31)21-24-9-3-5-11-27(24)37(34)38/h2-21H,1H3. The molecule has 0 N–H and O–H groups in total. The van der Waals surface area contributed by atoms with Crippen LogP contribution in [-0.4, -0.2) is 0 Å². The van der Waals surface area contributed by atoms with Crippen LogP contribution in [0.3, 0.4) is 0 Å². The van der Waals surface area contributed by atoms with Crippen molar-refractivity contribution < 1.29 is 0 Å². The van der Waals surface area contributed by atoms with Crippen molar-refractivity contribution in [2.75, 3.05) is 0 Å². The van der Waals surface area contributed by atoms with Gasteiger partial charge in [0.15, 0.2) is 0 Å². The zero-order chi connectivity index (χ0) is 25.4. The second kappa shape index (κ2) is 8.15. The van der Waals surface area contributed by atoms with Crippen LogP contribution in [0.5, 0.6) is 0 Å². The summed E-state index contributed by atoms with van der Waals surface area (Å²) >= 11 is 3.91. The lowest BCUT2D eigenvalue weighted by atomic mass is 9.89. The minimum atomic E-state index is 1.16. The molecule has 38 heavy (non-hydrogen) atoms. The molecule has 0 fully saturated rings. The number of halogens is 1. The van der Waals surface area contributed by atoms with Crippen LogP contribution in [0, 0.1) is 6.92 Å². The van der Waals surface area contributed by atoms with Gasteiger partial charge < -0.3 is 0 Å². The average molecular weight is 547 g/mol. The van der Waals surface area contributed by atoms with Crippen LogP contribution >= 0.6 is 15.9 Å². The first-order valence-electron chi connectivity index (χ1n) is 13.1. The molecule has 0 aliphatic rings. The third kappa shape index (κ3) is 3.03. The summed E-state index contributed by atoms with van der Waals surface area (Å²) in [5.41, 5.74) is 3.90. The van der Waals surface area contributed by atoms with E-state index in [1.165, 1.54) is 81.3 Å². The summed E-state index contributed by atoms with van der Waals surface area (Å²) in [6.07, 6.45) is 0. The summed E-state index contributed by atoms with van der Waals surface area (Å²) in [5.74, 6) is 0. The average Bonchev–Trinajstić information content (AvgIpc) is 2.97. The van der Waals surface area contributed by atoms with Crippen molar-refractivity contribution in [2.45, 2.75) is 6.92 Å². The van der Waals surface area contributed by atoms with Gasteiger partial charge in [0.2, 0.25) is 0 Å². The molecule has 0 amide bonds. The third-order valence-electron chi connectivity index (χ3n) is 8.30. The van der Waals surface area contributed by atoms with E-state index in [1.807, 2.05) is 0 Å². The maximum absolute atomic E-state index is 3.91. The first-order valence-corrected chi connectivity index (χ1v) is 13.9. The highest BCUT2D eigenvalue weighted by atomic mass is 79.9. The summed E-state index contributed by atoms with van der Waals surface area (Å²) in [7, 11) is 0. The van der Waals surface area contributed by atoms with Crippen LogP contribution in [0.25, 0.3) is 75.8 Å². The van der Waals surface area contributed by atoms with Gasteiger partial charge in [-0.05, 0) is 116 Å². The quantitative estimate of drug-likeness (QED) is 0.142. The number of rotatable bonds is 1. The first-order chi connectivity index (χ1) is 18.7. The lowest BCUT2D eigenvalue weighted by Crippen LogP contribution is -1.89. The largest absolute Gasteiger partial charge is 0.0616 e. The summed E-state index contributed by atoms with van der Waals surface area (Å²) < 4.78 is 1.16. The molecular formula is C37H23Br. The fourth-order valence-corrected chi connectivity index (χ4v) is 7.16. The van der Waals surface area contributed by atoms with Gasteiger partial charge in [-0.25, -0.2) is 0 Å². The van der Waals surface area contributed by atoms with E-state index in [2.05, 4.69) is 144 Å². The molecule has 8 rings (SSSR count). The minimum Gasteiger partial charge on any atom is -0.0616 e. The van der Waals surface area contributed by atoms with Gasteiger partial charge >= 0.3 is 0 Å². The molecule has 8 aromatic rings. The van der Waals surface area contributed by atoms with Crippen LogP contribution in [0.15, 0.2) is 126 Å². The molecular weight excluding hydrogens is 524 g/mol. The minimum absolute atomic E-state index is 1.16. The molecule has 0 heterocycles. The van der Waals surface area contributed by atoms with Crippen molar-refractivity contribution in [3.05, 3.63) is 131 Å². The molecule has 0 aliphatic heterocycles. The highest BCUT2D eigenvalue weighted by Crippen LogP contribution is 2.42. The molecule has 0 bridgehead atoms. The Morgan fingerprint density at radius 3 is 1.50 bits per heavy atom. The highest BCUT2D eigenvalue weighted by Gasteiger charge is 2.14. The molecule has 0 saturated carbocycles. The summed E-state index contributed by atoms with van der Waals surface area (Å²) in [4.78, 5) is 0. The molecule has 8 aromatic carbocycles. The molecule has 0 nitrogen and oxygen atoms in total. The molecule has 178 valence electrons.